The average molecular weight is 559 g/mol. The molecule has 5 rings (SSSR count). The molecule has 0 bridgehead atoms. The molecule has 0 saturated carbocycles. The molecule has 0 spiro atoms. The third kappa shape index (κ3) is 5.01. The van der Waals surface area contributed by atoms with Crippen LogP contribution in [-0.4, -0.2) is 31.5 Å². The van der Waals surface area contributed by atoms with Gasteiger partial charge in [0.2, 0.25) is 5.91 Å². The number of phenols is 1. The number of aromatic hydroxyl groups is 1. The van der Waals surface area contributed by atoms with Gasteiger partial charge in [0.1, 0.15) is 5.75 Å². The summed E-state index contributed by atoms with van der Waals surface area (Å²) in [6.45, 7) is 4.06. The maximum Gasteiger partial charge on any atom is 0.234 e. The molecule has 0 unspecified atom stereocenters. The highest BCUT2D eigenvalue weighted by Gasteiger charge is 2.21. The molecular weight excluding hydrogens is 536 g/mol. The number of carbonyl (C=O) groups excluding carboxylic acids is 1. The number of thioether (sulfide) groups is 1. The first-order valence-electron chi connectivity index (χ1n) is 11.3. The minimum absolute atomic E-state index is 0.0993. The molecule has 1 aromatic heterocycles. The van der Waals surface area contributed by atoms with Crippen LogP contribution in [0.4, 0.5) is 5.69 Å². The highest BCUT2D eigenvalue weighted by atomic mass is 79.9. The van der Waals surface area contributed by atoms with Crippen molar-refractivity contribution in [3.05, 3.63) is 94.5 Å². The summed E-state index contributed by atoms with van der Waals surface area (Å²) in [5, 5.41) is 25.1. The number of aryl methyl sites for hydroxylation is 2. The number of hydrogen-bond donors (Lipinski definition) is 2. The van der Waals surface area contributed by atoms with Crippen molar-refractivity contribution < 1.29 is 9.90 Å². The van der Waals surface area contributed by atoms with Crippen LogP contribution in [0, 0.1) is 13.8 Å². The summed E-state index contributed by atoms with van der Waals surface area (Å²) in [5.74, 6) is 0.609. The number of carbonyl (C=O) groups is 1. The Morgan fingerprint density at radius 3 is 2.58 bits per heavy atom. The number of halogens is 1. The number of aromatic nitrogens is 3. The van der Waals surface area contributed by atoms with Crippen LogP contribution in [0.15, 0.2) is 88.5 Å². The summed E-state index contributed by atoms with van der Waals surface area (Å²) in [6.07, 6.45) is 0. The van der Waals surface area contributed by atoms with Crippen LogP contribution < -0.4 is 5.32 Å². The minimum atomic E-state index is -0.141. The van der Waals surface area contributed by atoms with E-state index in [0.717, 1.165) is 37.7 Å². The van der Waals surface area contributed by atoms with Crippen molar-refractivity contribution in [1.29, 1.82) is 0 Å². The predicted molar refractivity (Wildman–Crippen MR) is 149 cm³/mol. The van der Waals surface area contributed by atoms with Crippen LogP contribution in [0.2, 0.25) is 0 Å². The van der Waals surface area contributed by atoms with Gasteiger partial charge >= 0.3 is 0 Å². The number of hydrogen-bond acceptors (Lipinski definition) is 5. The van der Waals surface area contributed by atoms with E-state index in [1.54, 1.807) is 18.2 Å². The number of rotatable bonds is 6. The molecule has 4 aromatic carbocycles. The van der Waals surface area contributed by atoms with E-state index in [1.165, 1.54) is 11.8 Å². The molecule has 8 heteroatoms. The van der Waals surface area contributed by atoms with Gasteiger partial charge in [-0.05, 0) is 66.6 Å². The first kappa shape index (κ1) is 24.1. The van der Waals surface area contributed by atoms with Crippen molar-refractivity contribution in [3.8, 4) is 22.8 Å². The number of nitrogens with one attached hydrogen (secondary N) is 1. The molecule has 36 heavy (non-hydrogen) atoms. The summed E-state index contributed by atoms with van der Waals surface area (Å²) in [7, 11) is 0. The van der Waals surface area contributed by atoms with Crippen LogP contribution in [0.5, 0.6) is 5.75 Å². The van der Waals surface area contributed by atoms with Crippen LogP contribution in [-0.2, 0) is 4.79 Å². The average Bonchev–Trinajstić information content (AvgIpc) is 3.27. The number of fused-ring (bicyclic) bond motifs is 1. The highest BCUT2D eigenvalue weighted by Crippen LogP contribution is 2.35. The van der Waals surface area contributed by atoms with E-state index in [9.17, 15) is 9.90 Å². The van der Waals surface area contributed by atoms with Crippen molar-refractivity contribution >= 4 is 50.1 Å². The smallest absolute Gasteiger partial charge is 0.234 e. The lowest BCUT2D eigenvalue weighted by Crippen LogP contribution is -2.14. The van der Waals surface area contributed by atoms with E-state index in [4.69, 9.17) is 0 Å². The summed E-state index contributed by atoms with van der Waals surface area (Å²) < 4.78 is 2.71. The van der Waals surface area contributed by atoms with Gasteiger partial charge in [0.15, 0.2) is 11.0 Å². The van der Waals surface area contributed by atoms with Crippen molar-refractivity contribution in [1.82, 2.24) is 14.8 Å². The van der Waals surface area contributed by atoms with Gasteiger partial charge in [-0.3, -0.25) is 9.36 Å². The van der Waals surface area contributed by atoms with Gasteiger partial charge in [0.25, 0.3) is 0 Å². The molecule has 0 atom stereocenters. The Hall–Kier alpha value is -3.62. The van der Waals surface area contributed by atoms with Crippen molar-refractivity contribution in [2.45, 2.75) is 19.0 Å². The Balaban J connectivity index is 1.44. The lowest BCUT2D eigenvalue weighted by Gasteiger charge is -2.14. The molecule has 0 aliphatic heterocycles. The third-order valence-electron chi connectivity index (χ3n) is 5.79. The van der Waals surface area contributed by atoms with Crippen molar-refractivity contribution in [3.63, 3.8) is 0 Å². The Morgan fingerprint density at radius 2 is 1.78 bits per heavy atom. The van der Waals surface area contributed by atoms with Gasteiger partial charge in [-0.25, -0.2) is 0 Å². The van der Waals surface area contributed by atoms with E-state index < -0.39 is 0 Å². The molecular formula is C28H23BrN4O2S. The van der Waals surface area contributed by atoms with Crippen molar-refractivity contribution in [2.75, 3.05) is 11.1 Å². The van der Waals surface area contributed by atoms with Crippen LogP contribution in [0.3, 0.4) is 0 Å². The quantitative estimate of drug-likeness (QED) is 0.221. The first-order chi connectivity index (χ1) is 17.4. The fraction of sp³-hybridized carbons (Fsp3) is 0.107. The lowest BCUT2D eigenvalue weighted by molar-refractivity contribution is -0.113. The normalized spacial score (nSPS) is 11.1. The molecule has 6 nitrogen and oxygen atoms in total. The summed E-state index contributed by atoms with van der Waals surface area (Å²) >= 11 is 4.77. The van der Waals surface area contributed by atoms with E-state index in [1.807, 2.05) is 73.0 Å². The molecule has 0 radical (unpaired) electrons. The number of amides is 1. The topological polar surface area (TPSA) is 80.0 Å². The monoisotopic (exact) mass is 558 g/mol. The van der Waals surface area contributed by atoms with Crippen LogP contribution in [0.1, 0.15) is 11.1 Å². The first-order valence-corrected chi connectivity index (χ1v) is 13.1. The summed E-state index contributed by atoms with van der Waals surface area (Å²) in [6, 6.07) is 25.2. The Labute approximate surface area is 221 Å². The Morgan fingerprint density at radius 1 is 0.972 bits per heavy atom. The number of anilines is 1. The van der Waals surface area contributed by atoms with Crippen LogP contribution >= 0.6 is 27.7 Å². The molecule has 1 heterocycles. The predicted octanol–water partition coefficient (Wildman–Crippen LogP) is 6.90. The summed E-state index contributed by atoms with van der Waals surface area (Å²) in [5.41, 5.74) is 4.35. The minimum Gasteiger partial charge on any atom is -0.507 e. The molecule has 0 fully saturated rings. The summed E-state index contributed by atoms with van der Waals surface area (Å²) in [4.78, 5) is 12.8. The molecule has 0 aliphatic carbocycles. The number of nitrogens with zero attached hydrogens (tertiary/aromatic N) is 3. The Kier molecular flexibility index (Phi) is 6.80. The molecule has 180 valence electrons. The Bertz CT molecular complexity index is 1600. The maximum absolute atomic E-state index is 12.8. The molecule has 0 aliphatic rings. The molecule has 2 N–H and O–H groups in total. The maximum atomic E-state index is 12.8. The number of benzene rings is 4. The second-order valence-corrected chi connectivity index (χ2v) is 10.3. The molecule has 5 aromatic rings. The standard InChI is InChI=1S/C28H23BrN4O2S/c1-17-7-11-24(18(2)13-17)33-27(23-15-21(29)9-12-25(23)34)31-32-28(33)36-16-26(35)30-22-10-8-19-5-3-4-6-20(19)14-22/h3-15,34H,16H2,1-2H3,(H,30,35). The van der Waals surface area contributed by atoms with Gasteiger partial charge < -0.3 is 10.4 Å². The van der Waals surface area contributed by atoms with E-state index >= 15 is 0 Å². The zero-order valence-electron chi connectivity index (χ0n) is 19.7. The van der Waals surface area contributed by atoms with Gasteiger partial charge in [-0.2, -0.15) is 0 Å². The van der Waals surface area contributed by atoms with Gasteiger partial charge in [0, 0.05) is 10.2 Å². The van der Waals surface area contributed by atoms with Gasteiger partial charge in [0.05, 0.1) is 17.0 Å². The zero-order valence-corrected chi connectivity index (χ0v) is 22.1. The molecule has 0 saturated heterocycles. The highest BCUT2D eigenvalue weighted by molar-refractivity contribution is 9.10. The van der Waals surface area contributed by atoms with E-state index in [-0.39, 0.29) is 17.4 Å². The fourth-order valence-corrected chi connectivity index (χ4v) is 5.20. The second-order valence-electron chi connectivity index (χ2n) is 8.49. The van der Waals surface area contributed by atoms with Crippen molar-refractivity contribution in [2.24, 2.45) is 0 Å². The van der Waals surface area contributed by atoms with E-state index in [0.29, 0.717) is 16.5 Å². The third-order valence-corrected chi connectivity index (χ3v) is 7.21. The fourth-order valence-electron chi connectivity index (χ4n) is 4.09. The zero-order chi connectivity index (χ0) is 25.2. The largest absolute Gasteiger partial charge is 0.507 e. The SMILES string of the molecule is Cc1ccc(-n2c(SCC(=O)Nc3ccc4ccccc4c3)nnc2-c2cc(Br)ccc2O)c(C)c1. The van der Waals surface area contributed by atoms with Crippen LogP contribution in [0.25, 0.3) is 27.8 Å². The lowest BCUT2D eigenvalue weighted by atomic mass is 10.1. The van der Waals surface area contributed by atoms with E-state index in [2.05, 4.69) is 37.5 Å². The molecule has 1 amide bonds. The van der Waals surface area contributed by atoms with Gasteiger partial charge in [-0.1, -0.05) is 75.7 Å². The van der Waals surface area contributed by atoms with Gasteiger partial charge in [-0.15, -0.1) is 10.2 Å². The second kappa shape index (κ2) is 10.2. The number of phenolic OH excluding ortho intramolecular Hbond substituents is 1.